The summed E-state index contributed by atoms with van der Waals surface area (Å²) in [6.45, 7) is 15.8. The lowest BCUT2D eigenvalue weighted by molar-refractivity contribution is -0.149. The first-order chi connectivity index (χ1) is 28.9. The highest BCUT2D eigenvalue weighted by molar-refractivity contribution is 7.70. The number of thiazole rings is 1. The lowest BCUT2D eigenvalue weighted by atomic mass is 9.77. The number of likely N-dealkylation sites (tertiary alicyclic amines) is 2. The molecule has 4 amide bonds. The molecule has 0 spiro atoms. The molecule has 6 atom stereocenters. The molecule has 1 N–H and O–H groups in total. The molecule has 0 radical (unpaired) electrons. The molecular formula is C44H57FN6O8S2. The number of nitrogens with one attached hydrogen (secondary N) is 1. The maximum Gasteiger partial charge on any atom is 0.262 e. The van der Waals surface area contributed by atoms with Crippen molar-refractivity contribution in [3.63, 3.8) is 0 Å². The van der Waals surface area contributed by atoms with E-state index >= 15 is 0 Å². The average molecular weight is 881 g/mol. The van der Waals surface area contributed by atoms with Crippen molar-refractivity contribution in [1.29, 1.82) is 0 Å². The quantitative estimate of drug-likeness (QED) is 0.151. The van der Waals surface area contributed by atoms with Crippen LogP contribution >= 0.6 is 11.3 Å². The number of methoxy groups -OCH3 is 1. The molecule has 14 nitrogen and oxygen atoms in total. The van der Waals surface area contributed by atoms with E-state index in [1.165, 1.54) is 27.2 Å². The lowest BCUT2D eigenvalue weighted by Crippen LogP contribution is -2.57. The number of aryl methyl sites for hydroxylation is 1. The van der Waals surface area contributed by atoms with Gasteiger partial charge in [-0.25, -0.2) is 27.1 Å². The molecule has 61 heavy (non-hydrogen) atoms. The molecule has 3 aromatic rings. The number of fused-ring (bicyclic) bond motifs is 1. The van der Waals surface area contributed by atoms with E-state index in [0.717, 1.165) is 15.6 Å². The van der Waals surface area contributed by atoms with Gasteiger partial charge in [0.1, 0.15) is 46.1 Å². The normalized spacial score (nSPS) is 24.5. The Morgan fingerprint density at radius 1 is 1.13 bits per heavy atom. The highest BCUT2D eigenvalue weighted by Crippen LogP contribution is 2.48. The second kappa shape index (κ2) is 17.3. The second-order valence-electron chi connectivity index (χ2n) is 18.3. The van der Waals surface area contributed by atoms with E-state index in [0.29, 0.717) is 65.3 Å². The van der Waals surface area contributed by atoms with Crippen LogP contribution in [-0.4, -0.2) is 113 Å². The predicted octanol–water partition coefficient (Wildman–Crippen LogP) is 5.74. The number of ether oxygens (including phenoxy) is 2. The minimum absolute atomic E-state index is 0.0201. The number of alkyl halides is 1. The van der Waals surface area contributed by atoms with Gasteiger partial charge in [-0.05, 0) is 62.5 Å². The molecule has 2 aliphatic carbocycles. The van der Waals surface area contributed by atoms with E-state index in [-0.39, 0.29) is 44.2 Å². The highest BCUT2D eigenvalue weighted by Gasteiger charge is 2.63. The lowest BCUT2D eigenvalue weighted by Gasteiger charge is -2.37. The van der Waals surface area contributed by atoms with Crippen LogP contribution < -0.4 is 14.8 Å². The molecule has 4 fully saturated rings. The van der Waals surface area contributed by atoms with Crippen molar-refractivity contribution in [2.45, 2.75) is 122 Å². The number of carbonyl (C=O) groups is 4. The number of amides is 4. The summed E-state index contributed by atoms with van der Waals surface area (Å²) in [5.41, 5.74) is 0.631. The Kier molecular flexibility index (Phi) is 12.6. The van der Waals surface area contributed by atoms with Gasteiger partial charge in [-0.1, -0.05) is 40.7 Å². The molecule has 2 unspecified atom stereocenters. The fourth-order valence-corrected chi connectivity index (χ4v) is 10.4. The Hall–Kier alpha value is -4.64. The fourth-order valence-electron chi connectivity index (χ4n) is 8.67. The van der Waals surface area contributed by atoms with Crippen LogP contribution in [0.1, 0.15) is 96.7 Å². The van der Waals surface area contributed by atoms with Gasteiger partial charge >= 0.3 is 0 Å². The fraction of sp³-hybridized carbons (Fsp3) is 0.591. The van der Waals surface area contributed by atoms with Crippen LogP contribution in [0.2, 0.25) is 0 Å². The third-order valence-corrected chi connectivity index (χ3v) is 14.3. The number of halogens is 1. The summed E-state index contributed by atoms with van der Waals surface area (Å²) in [5, 5.41) is 6.28. The Morgan fingerprint density at radius 2 is 1.87 bits per heavy atom. The molecule has 0 bridgehead atoms. The van der Waals surface area contributed by atoms with Gasteiger partial charge in [0.2, 0.25) is 28.6 Å². The van der Waals surface area contributed by atoms with Crippen molar-refractivity contribution in [2.75, 3.05) is 26.7 Å². The largest absolute Gasteiger partial charge is 0.496 e. The Bertz CT molecular complexity index is 2300. The summed E-state index contributed by atoms with van der Waals surface area (Å²) in [6.07, 6.45) is 1.62. The summed E-state index contributed by atoms with van der Waals surface area (Å²) in [6, 6.07) is 3.88. The molecule has 2 aliphatic heterocycles. The van der Waals surface area contributed by atoms with Gasteiger partial charge in [0.25, 0.3) is 5.91 Å². The van der Waals surface area contributed by atoms with Gasteiger partial charge in [-0.15, -0.1) is 17.9 Å². The number of hydrogen-bond acceptors (Lipinski definition) is 11. The first-order valence-electron chi connectivity index (χ1n) is 21.1. The number of rotatable bonds is 14. The van der Waals surface area contributed by atoms with Gasteiger partial charge in [0.15, 0.2) is 0 Å². The third-order valence-electron chi connectivity index (χ3n) is 12.6. The van der Waals surface area contributed by atoms with Crippen LogP contribution in [0.4, 0.5) is 4.39 Å². The maximum atomic E-state index is 15.0. The number of benzene rings is 1. The number of nitrogens with zero attached hydrogens (tertiary/aromatic N) is 5. The van der Waals surface area contributed by atoms with Crippen molar-refractivity contribution in [3.05, 3.63) is 47.5 Å². The molecule has 7 rings (SSSR count). The van der Waals surface area contributed by atoms with Crippen molar-refractivity contribution in [2.24, 2.45) is 17.3 Å². The Labute approximate surface area is 362 Å². The second-order valence-corrected chi connectivity index (χ2v) is 20.1. The van der Waals surface area contributed by atoms with Crippen molar-refractivity contribution >= 4 is 56.8 Å². The first-order valence-corrected chi connectivity index (χ1v) is 23.1. The molecule has 4 heterocycles. The van der Waals surface area contributed by atoms with E-state index in [9.17, 15) is 32.0 Å². The van der Waals surface area contributed by atoms with Gasteiger partial charge < -0.3 is 24.6 Å². The zero-order valence-corrected chi connectivity index (χ0v) is 37.7. The van der Waals surface area contributed by atoms with Crippen molar-refractivity contribution in [1.82, 2.24) is 29.4 Å². The first kappa shape index (κ1) is 44.4. The molecule has 4 aliphatic rings. The number of aromatic nitrogens is 2. The predicted molar refractivity (Wildman–Crippen MR) is 230 cm³/mol. The number of piperidine rings is 1. The van der Waals surface area contributed by atoms with Crippen LogP contribution in [0, 0.1) is 24.2 Å². The minimum Gasteiger partial charge on any atom is -0.496 e. The summed E-state index contributed by atoms with van der Waals surface area (Å²) in [5.74, 6) is -2.28. The number of pyridine rings is 1. The highest BCUT2D eigenvalue weighted by atomic mass is 32.2. The summed E-state index contributed by atoms with van der Waals surface area (Å²) >= 11 is 1.47. The number of hydrogen-bond donors (Lipinski definition) is 2. The Morgan fingerprint density at radius 3 is 2.46 bits per heavy atom. The topological polar surface area (TPSA) is 168 Å². The van der Waals surface area contributed by atoms with E-state index in [1.54, 1.807) is 7.11 Å². The van der Waals surface area contributed by atoms with E-state index in [4.69, 9.17) is 19.4 Å². The van der Waals surface area contributed by atoms with Crippen LogP contribution in [-0.2, 0) is 30.1 Å². The van der Waals surface area contributed by atoms with Gasteiger partial charge in [0.05, 0.1) is 37.3 Å². The van der Waals surface area contributed by atoms with Crippen LogP contribution in [0.25, 0.3) is 21.6 Å². The van der Waals surface area contributed by atoms with Crippen LogP contribution in [0.5, 0.6) is 11.5 Å². The smallest absolute Gasteiger partial charge is 0.262 e. The number of carbonyl (C=O) groups excluding carboxylic acids is 4. The Balaban J connectivity index is 1.25. The van der Waals surface area contributed by atoms with E-state index < -0.39 is 75.8 Å². The summed E-state index contributed by atoms with van der Waals surface area (Å²) in [7, 11) is -1.68. The molecule has 330 valence electrons. The molecule has 1 aromatic carbocycles. The average Bonchev–Trinajstić information content (AvgIpc) is 4.06. The minimum atomic E-state index is -3.26. The van der Waals surface area contributed by atoms with Crippen LogP contribution in [0.3, 0.4) is 0 Å². The molecule has 17 heteroatoms. The van der Waals surface area contributed by atoms with E-state index in [2.05, 4.69) is 25.7 Å². The summed E-state index contributed by atoms with van der Waals surface area (Å²) in [4.78, 5) is 70.1. The van der Waals surface area contributed by atoms with Gasteiger partial charge in [0, 0.05) is 53.7 Å². The standard InChI is InChI=1S/C44H57FN6O8S2/c1-9-26-20-44(26,42(55)51(61(56)57)28-12-13-28)48-39(53)34-17-29(22-50(34)41(54)31(43(5,6)7)18-37(52)49-16-10-11-27(45)21-49)59-36-19-32(40-47-33(23-60-40)24(2)3)46-38-25(4)35(58-8)15-14-30(36)38/h9,14-15,19,23-24,26-29,31,34,61H,1,10-13,16-18,20-22H2,2-8H3,(H,48,53)/t26-,27?,29-,31-,34+,44?/m1/s1. The summed E-state index contributed by atoms with van der Waals surface area (Å²) < 4.78 is 52.4. The monoisotopic (exact) mass is 880 g/mol. The third kappa shape index (κ3) is 9.00. The van der Waals surface area contributed by atoms with Crippen molar-refractivity contribution in [3.8, 4) is 22.2 Å². The molecule has 2 saturated carbocycles. The van der Waals surface area contributed by atoms with Crippen molar-refractivity contribution < 1.29 is 41.5 Å². The van der Waals surface area contributed by atoms with Gasteiger partial charge in [-0.3, -0.25) is 19.2 Å². The van der Waals surface area contributed by atoms with E-state index in [1.807, 2.05) is 51.3 Å². The molecule has 2 saturated heterocycles. The zero-order valence-electron chi connectivity index (χ0n) is 35.9. The number of thiol groups is 1. The van der Waals surface area contributed by atoms with Crippen LogP contribution in [0.15, 0.2) is 36.2 Å². The molecule has 2 aromatic heterocycles. The zero-order chi connectivity index (χ0) is 44.1. The maximum absolute atomic E-state index is 15.0. The molecular weight excluding hydrogens is 824 g/mol. The SMILES string of the molecule is C=C[C@@H]1CC1(NC(=O)[C@@H]1C[C@@H](Oc2cc(-c3nc(C(C)C)cs3)nc3c(C)c(OC)ccc23)CN1C(=O)[C@@H](CC(=O)N1CCCC(F)C1)C(C)(C)C)C(=O)N(C1CC1)[SH](=O)=O. The van der Waals surface area contributed by atoms with Gasteiger partial charge in [-0.2, -0.15) is 0 Å².